The number of fused-ring (bicyclic) bond motifs is 1. The second-order valence-corrected chi connectivity index (χ2v) is 6.09. The highest BCUT2D eigenvalue weighted by Gasteiger charge is 2.37. The maximum absolute atomic E-state index is 12.9. The van der Waals surface area contributed by atoms with Crippen molar-refractivity contribution >= 4 is 5.91 Å². The monoisotopic (exact) mass is 313 g/mol. The highest BCUT2D eigenvalue weighted by molar-refractivity contribution is 5.78. The predicted octanol–water partition coefficient (Wildman–Crippen LogP) is 2.67. The topological polar surface area (TPSA) is 38.3 Å². The molecule has 2 aromatic rings. The molecule has 0 unspecified atom stereocenters. The maximum Gasteiger partial charge on any atom is 0.224 e. The van der Waals surface area contributed by atoms with Crippen LogP contribution in [-0.2, 0) is 28.8 Å². The fraction of sp³-hybridized carbons (Fsp3) is 0.316. The smallest absolute Gasteiger partial charge is 0.224 e. The molecule has 0 fully saturated rings. The molecule has 2 aromatic carbocycles. The number of methoxy groups -OCH3 is 1. The first kappa shape index (κ1) is 15.7. The molecular formula is C19H20FNO2. The Morgan fingerprint density at radius 1 is 1.13 bits per heavy atom. The van der Waals surface area contributed by atoms with Gasteiger partial charge in [0.25, 0.3) is 0 Å². The van der Waals surface area contributed by atoms with Crippen LogP contribution in [-0.4, -0.2) is 25.2 Å². The van der Waals surface area contributed by atoms with Crippen molar-refractivity contribution < 1.29 is 13.9 Å². The fourth-order valence-electron chi connectivity index (χ4n) is 3.11. The molecule has 0 bridgehead atoms. The number of amides is 1. The van der Waals surface area contributed by atoms with E-state index in [4.69, 9.17) is 4.74 Å². The number of benzene rings is 2. The lowest BCUT2D eigenvalue weighted by molar-refractivity contribution is -0.122. The number of rotatable bonds is 5. The van der Waals surface area contributed by atoms with E-state index in [1.165, 1.54) is 23.3 Å². The number of nitrogens with one attached hydrogen (secondary N) is 1. The van der Waals surface area contributed by atoms with Crippen LogP contribution in [0.25, 0.3) is 0 Å². The van der Waals surface area contributed by atoms with Gasteiger partial charge in [-0.2, -0.15) is 0 Å². The van der Waals surface area contributed by atoms with Crippen LogP contribution in [0.2, 0.25) is 0 Å². The third kappa shape index (κ3) is 3.59. The molecule has 1 amide bonds. The van der Waals surface area contributed by atoms with Gasteiger partial charge in [0.05, 0.1) is 12.0 Å². The summed E-state index contributed by atoms with van der Waals surface area (Å²) in [6.45, 7) is 0.470. The van der Waals surface area contributed by atoms with E-state index in [0.29, 0.717) is 6.54 Å². The minimum atomic E-state index is -0.373. The summed E-state index contributed by atoms with van der Waals surface area (Å²) >= 11 is 0. The van der Waals surface area contributed by atoms with E-state index in [2.05, 4.69) is 17.4 Å². The molecular weight excluding hydrogens is 293 g/mol. The van der Waals surface area contributed by atoms with E-state index in [9.17, 15) is 9.18 Å². The molecule has 0 aromatic heterocycles. The van der Waals surface area contributed by atoms with Gasteiger partial charge in [-0.05, 0) is 28.8 Å². The predicted molar refractivity (Wildman–Crippen MR) is 86.7 cm³/mol. The van der Waals surface area contributed by atoms with Crippen LogP contribution in [0.1, 0.15) is 16.7 Å². The summed E-state index contributed by atoms with van der Waals surface area (Å²) in [5.41, 5.74) is 2.98. The molecule has 0 atom stereocenters. The molecule has 0 heterocycles. The van der Waals surface area contributed by atoms with E-state index in [1.54, 1.807) is 19.2 Å². The summed E-state index contributed by atoms with van der Waals surface area (Å²) in [6.07, 6.45) is 1.85. The number of halogens is 1. The van der Waals surface area contributed by atoms with Gasteiger partial charge in [0.15, 0.2) is 0 Å². The van der Waals surface area contributed by atoms with E-state index < -0.39 is 0 Å². The van der Waals surface area contributed by atoms with Crippen LogP contribution < -0.4 is 5.32 Å². The van der Waals surface area contributed by atoms with Crippen LogP contribution in [0, 0.1) is 5.82 Å². The van der Waals surface area contributed by atoms with Crippen molar-refractivity contribution in [2.45, 2.75) is 24.9 Å². The Balaban J connectivity index is 1.59. The van der Waals surface area contributed by atoms with Crippen LogP contribution in [0.4, 0.5) is 4.39 Å². The van der Waals surface area contributed by atoms with Crippen molar-refractivity contribution in [1.29, 1.82) is 0 Å². The number of ether oxygens (including phenoxy) is 1. The van der Waals surface area contributed by atoms with Gasteiger partial charge in [-0.25, -0.2) is 4.39 Å². The minimum Gasteiger partial charge on any atom is -0.376 e. The maximum atomic E-state index is 12.9. The normalized spacial score (nSPS) is 15.2. The first-order valence-electron chi connectivity index (χ1n) is 7.73. The highest BCUT2D eigenvalue weighted by Crippen LogP contribution is 2.32. The first-order chi connectivity index (χ1) is 11.1. The first-order valence-corrected chi connectivity index (χ1v) is 7.73. The standard InChI is InChI=1S/C19H20FNO2/c1-23-19(11-15-4-2-3-5-16(15)12-19)13-21-18(22)10-14-6-8-17(20)9-7-14/h2-9H,10-13H2,1H3,(H,21,22). The summed E-state index contributed by atoms with van der Waals surface area (Å²) in [5, 5.41) is 2.96. The Labute approximate surface area is 135 Å². The number of hydrogen-bond donors (Lipinski definition) is 1. The molecule has 120 valence electrons. The largest absolute Gasteiger partial charge is 0.376 e. The third-order valence-electron chi connectivity index (χ3n) is 4.46. The lowest BCUT2D eigenvalue weighted by Crippen LogP contribution is -2.45. The number of hydrogen-bond acceptors (Lipinski definition) is 2. The Kier molecular flexibility index (Phi) is 4.44. The molecule has 0 aliphatic heterocycles. The van der Waals surface area contributed by atoms with Gasteiger partial charge in [0.2, 0.25) is 5.91 Å². The SMILES string of the molecule is COC1(CNC(=O)Cc2ccc(F)cc2)Cc2ccccc2C1. The van der Waals surface area contributed by atoms with Crippen LogP contribution in [0.5, 0.6) is 0 Å². The van der Waals surface area contributed by atoms with Gasteiger partial charge in [-0.1, -0.05) is 36.4 Å². The average Bonchev–Trinajstić information content (AvgIpc) is 2.94. The van der Waals surface area contributed by atoms with Gasteiger partial charge in [-0.3, -0.25) is 4.79 Å². The van der Waals surface area contributed by atoms with E-state index in [1.807, 2.05) is 12.1 Å². The van der Waals surface area contributed by atoms with Crippen molar-refractivity contribution in [2.24, 2.45) is 0 Å². The Bertz CT molecular complexity index is 672. The van der Waals surface area contributed by atoms with Crippen molar-refractivity contribution in [1.82, 2.24) is 5.32 Å². The fourth-order valence-corrected chi connectivity index (χ4v) is 3.11. The quantitative estimate of drug-likeness (QED) is 0.921. The summed E-state index contributed by atoms with van der Waals surface area (Å²) < 4.78 is 18.6. The van der Waals surface area contributed by atoms with Gasteiger partial charge < -0.3 is 10.1 Å². The molecule has 1 aliphatic carbocycles. The second kappa shape index (κ2) is 6.50. The summed E-state index contributed by atoms with van der Waals surface area (Å²) in [7, 11) is 1.69. The average molecular weight is 313 g/mol. The highest BCUT2D eigenvalue weighted by atomic mass is 19.1. The Hall–Kier alpha value is -2.20. The molecule has 0 radical (unpaired) electrons. The van der Waals surface area contributed by atoms with Crippen molar-refractivity contribution in [3.63, 3.8) is 0 Å². The lowest BCUT2D eigenvalue weighted by atomic mass is 10.00. The zero-order chi connectivity index (χ0) is 16.3. The molecule has 0 saturated heterocycles. The van der Waals surface area contributed by atoms with Gasteiger partial charge in [0, 0.05) is 26.5 Å². The molecule has 0 spiro atoms. The Morgan fingerprint density at radius 2 is 1.74 bits per heavy atom. The van der Waals surface area contributed by atoms with E-state index >= 15 is 0 Å². The molecule has 1 N–H and O–H groups in total. The summed E-state index contributed by atoms with van der Waals surface area (Å²) in [5.74, 6) is -0.375. The molecule has 0 saturated carbocycles. The van der Waals surface area contributed by atoms with Gasteiger partial charge >= 0.3 is 0 Å². The zero-order valence-corrected chi connectivity index (χ0v) is 13.1. The van der Waals surface area contributed by atoms with Crippen molar-refractivity contribution in [3.05, 3.63) is 71.0 Å². The molecule has 3 nitrogen and oxygen atoms in total. The number of carbonyl (C=O) groups excluding carboxylic acids is 1. The molecule has 23 heavy (non-hydrogen) atoms. The number of carbonyl (C=O) groups is 1. The zero-order valence-electron chi connectivity index (χ0n) is 13.1. The Morgan fingerprint density at radius 3 is 2.30 bits per heavy atom. The third-order valence-corrected chi connectivity index (χ3v) is 4.46. The molecule has 4 heteroatoms. The van der Waals surface area contributed by atoms with Crippen LogP contribution in [0.3, 0.4) is 0 Å². The molecule has 1 aliphatic rings. The van der Waals surface area contributed by atoms with E-state index in [-0.39, 0.29) is 23.7 Å². The van der Waals surface area contributed by atoms with E-state index in [0.717, 1.165) is 18.4 Å². The second-order valence-electron chi connectivity index (χ2n) is 6.09. The van der Waals surface area contributed by atoms with Crippen molar-refractivity contribution in [2.75, 3.05) is 13.7 Å². The summed E-state index contributed by atoms with van der Waals surface area (Å²) in [6, 6.07) is 14.3. The van der Waals surface area contributed by atoms with Crippen LogP contribution in [0.15, 0.2) is 48.5 Å². The minimum absolute atomic E-state index is 0.0796. The summed E-state index contributed by atoms with van der Waals surface area (Å²) in [4.78, 5) is 12.1. The van der Waals surface area contributed by atoms with Crippen LogP contribution >= 0.6 is 0 Å². The van der Waals surface area contributed by atoms with Gasteiger partial charge in [0.1, 0.15) is 5.82 Å². The van der Waals surface area contributed by atoms with Gasteiger partial charge in [-0.15, -0.1) is 0 Å². The molecule has 3 rings (SSSR count). The lowest BCUT2D eigenvalue weighted by Gasteiger charge is -2.27. The van der Waals surface area contributed by atoms with Crippen molar-refractivity contribution in [3.8, 4) is 0 Å².